The zero-order valence-electron chi connectivity index (χ0n) is 12.8. The number of nitrogen functional groups attached to an aromatic ring is 1. The van der Waals surface area contributed by atoms with Crippen LogP contribution in [-0.4, -0.2) is 12.6 Å². The fourth-order valence-electron chi connectivity index (χ4n) is 2.42. The highest BCUT2D eigenvalue weighted by atomic mass is 79.9. The molecule has 0 saturated carbocycles. The fraction of sp³-hybridized carbons (Fsp3) is 0.235. The van der Waals surface area contributed by atoms with Gasteiger partial charge in [0.15, 0.2) is 6.17 Å². The molecule has 0 radical (unpaired) electrons. The van der Waals surface area contributed by atoms with Crippen LogP contribution in [0.3, 0.4) is 0 Å². The summed E-state index contributed by atoms with van der Waals surface area (Å²) in [5, 5.41) is 1.59. The largest absolute Gasteiger partial charge is 0.462 e. The molecule has 6 heteroatoms. The van der Waals surface area contributed by atoms with Crippen molar-refractivity contribution in [1.82, 2.24) is 0 Å². The lowest BCUT2D eigenvalue weighted by Crippen LogP contribution is -2.24. The number of halogens is 1. The lowest BCUT2D eigenvalue weighted by molar-refractivity contribution is 0.0526. The predicted octanol–water partition coefficient (Wildman–Crippen LogP) is 2.47. The van der Waals surface area contributed by atoms with Crippen LogP contribution in [0.1, 0.15) is 34.6 Å². The van der Waals surface area contributed by atoms with Crippen LogP contribution >= 0.6 is 15.9 Å². The normalized spacial score (nSPS) is 15.5. The lowest BCUT2D eigenvalue weighted by Gasteiger charge is -2.06. The Labute approximate surface area is 142 Å². The van der Waals surface area contributed by atoms with E-state index in [1.54, 1.807) is 19.1 Å². The summed E-state index contributed by atoms with van der Waals surface area (Å²) in [6, 6.07) is 9.10. The van der Waals surface area contributed by atoms with Crippen LogP contribution in [0.15, 0.2) is 44.8 Å². The molecule has 23 heavy (non-hydrogen) atoms. The number of nitrogens with two attached hydrogens (primary N) is 1. The van der Waals surface area contributed by atoms with E-state index in [4.69, 9.17) is 10.5 Å². The van der Waals surface area contributed by atoms with Gasteiger partial charge in [-0.05, 0) is 59.1 Å². The molecular weight excluding hydrogens is 358 g/mol. The maximum Gasteiger partial charge on any atom is 0.338 e. The number of hydrogen-bond donors (Lipinski definition) is 1. The summed E-state index contributed by atoms with van der Waals surface area (Å²) in [6.45, 7) is 4.08. The van der Waals surface area contributed by atoms with Gasteiger partial charge in [-0.2, -0.15) is 0 Å². The summed E-state index contributed by atoms with van der Waals surface area (Å²) >= 11 is 3.49. The van der Waals surface area contributed by atoms with Crippen molar-refractivity contribution in [2.75, 3.05) is 12.3 Å². The van der Waals surface area contributed by atoms with Crippen LogP contribution in [0.25, 0.3) is 0 Å². The van der Waals surface area contributed by atoms with E-state index in [9.17, 15) is 4.79 Å². The summed E-state index contributed by atoms with van der Waals surface area (Å²) < 4.78 is 5.76. The predicted molar refractivity (Wildman–Crippen MR) is 90.7 cm³/mol. The van der Waals surface area contributed by atoms with Crippen LogP contribution in [0.2, 0.25) is 0 Å². The maximum absolute atomic E-state index is 11.7. The molecular formula is C17H16BrN3O2. The Morgan fingerprint density at radius 3 is 2.65 bits per heavy atom. The molecule has 118 valence electrons. The Morgan fingerprint density at radius 1 is 1.30 bits per heavy atom. The van der Waals surface area contributed by atoms with Crippen molar-refractivity contribution in [1.29, 1.82) is 0 Å². The zero-order valence-corrected chi connectivity index (χ0v) is 14.4. The molecule has 0 aliphatic carbocycles. The molecule has 0 aromatic heterocycles. The van der Waals surface area contributed by atoms with Gasteiger partial charge in [-0.1, -0.05) is 12.1 Å². The Balaban J connectivity index is 1.95. The van der Waals surface area contributed by atoms with Gasteiger partial charge in [0, 0.05) is 0 Å². The van der Waals surface area contributed by atoms with Gasteiger partial charge >= 0.3 is 5.97 Å². The number of aryl methyl sites for hydroxylation is 1. The first-order valence-electron chi connectivity index (χ1n) is 7.28. The van der Waals surface area contributed by atoms with Crippen LogP contribution < -0.4 is 16.4 Å². The van der Waals surface area contributed by atoms with Crippen molar-refractivity contribution in [3.63, 3.8) is 0 Å². The second-order valence-electron chi connectivity index (χ2n) is 5.26. The first kappa shape index (κ1) is 15.7. The summed E-state index contributed by atoms with van der Waals surface area (Å²) in [7, 11) is 0. The Morgan fingerprint density at radius 2 is 2.00 bits per heavy atom. The molecule has 2 aromatic rings. The minimum atomic E-state index is -0.325. The number of ether oxygens (including phenoxy) is 1. The molecule has 2 N–H and O–H groups in total. The average Bonchev–Trinajstić information content (AvgIpc) is 2.97. The van der Waals surface area contributed by atoms with Crippen molar-refractivity contribution in [2.45, 2.75) is 20.0 Å². The standard InChI is InChI=1S/C17H16BrN3O2/c1-3-23-17(22)11-6-4-10(5-7-11)16-20-12-8-9(2)14(19)13(18)15(12)21-16/h4-8,16H,3,19H2,1-2H3/t16-/m0/s1. The molecule has 0 unspecified atom stereocenters. The third-order valence-electron chi connectivity index (χ3n) is 3.70. The Bertz CT molecular complexity index is 892. The number of carbonyl (C=O) groups is 1. The summed E-state index contributed by atoms with van der Waals surface area (Å²) in [5.41, 5.74) is 9.10. The monoisotopic (exact) mass is 373 g/mol. The molecule has 0 fully saturated rings. The Kier molecular flexibility index (Phi) is 4.17. The van der Waals surface area contributed by atoms with Crippen molar-refractivity contribution in [3.05, 3.63) is 62.2 Å². The number of carbonyl (C=O) groups excluding carboxylic acids is 1. The molecule has 5 nitrogen and oxygen atoms in total. The quantitative estimate of drug-likeness (QED) is 0.662. The van der Waals surface area contributed by atoms with Gasteiger partial charge in [-0.15, -0.1) is 0 Å². The molecule has 1 heterocycles. The van der Waals surface area contributed by atoms with E-state index in [1.807, 2.05) is 25.1 Å². The van der Waals surface area contributed by atoms with Gasteiger partial charge in [-0.3, -0.25) is 9.98 Å². The second-order valence-corrected chi connectivity index (χ2v) is 6.06. The summed E-state index contributed by atoms with van der Waals surface area (Å²) in [6.07, 6.45) is -0.321. The van der Waals surface area contributed by atoms with E-state index in [0.717, 1.165) is 26.3 Å². The third kappa shape index (κ3) is 2.86. The van der Waals surface area contributed by atoms with Crippen molar-refractivity contribution >= 4 is 27.6 Å². The van der Waals surface area contributed by atoms with Gasteiger partial charge in [-0.25, -0.2) is 4.79 Å². The van der Waals surface area contributed by atoms with E-state index in [2.05, 4.69) is 25.9 Å². The van der Waals surface area contributed by atoms with E-state index in [-0.39, 0.29) is 12.1 Å². The zero-order chi connectivity index (χ0) is 16.6. The number of nitrogens with zero attached hydrogens (tertiary/aromatic N) is 2. The fourth-order valence-corrected chi connectivity index (χ4v) is 3.04. The van der Waals surface area contributed by atoms with Crippen LogP contribution in [0.4, 0.5) is 5.69 Å². The highest BCUT2D eigenvalue weighted by molar-refractivity contribution is 9.10. The third-order valence-corrected chi connectivity index (χ3v) is 4.50. The van der Waals surface area contributed by atoms with E-state index >= 15 is 0 Å². The van der Waals surface area contributed by atoms with Crippen LogP contribution in [0, 0.1) is 6.92 Å². The molecule has 0 spiro atoms. The van der Waals surface area contributed by atoms with E-state index < -0.39 is 0 Å². The number of anilines is 1. The molecule has 3 rings (SSSR count). The highest BCUT2D eigenvalue weighted by Crippen LogP contribution is 2.23. The van der Waals surface area contributed by atoms with Crippen LogP contribution in [0.5, 0.6) is 0 Å². The molecule has 1 aliphatic rings. The number of fused-ring (bicyclic) bond motifs is 1. The maximum atomic E-state index is 11.7. The van der Waals surface area contributed by atoms with Crippen molar-refractivity contribution in [3.8, 4) is 0 Å². The van der Waals surface area contributed by atoms with Crippen LogP contribution in [-0.2, 0) is 4.74 Å². The lowest BCUT2D eigenvalue weighted by atomic mass is 10.1. The van der Waals surface area contributed by atoms with E-state index in [0.29, 0.717) is 17.9 Å². The minimum absolute atomic E-state index is 0.321. The second kappa shape index (κ2) is 6.12. The molecule has 0 bridgehead atoms. The SMILES string of the molecule is CCOC(=O)c1ccc([C@H]2N=c3cc(C)c(N)c(Br)c3=N2)cc1. The topological polar surface area (TPSA) is 77.0 Å². The van der Waals surface area contributed by atoms with Gasteiger partial charge < -0.3 is 10.5 Å². The highest BCUT2D eigenvalue weighted by Gasteiger charge is 2.17. The first-order valence-corrected chi connectivity index (χ1v) is 8.08. The van der Waals surface area contributed by atoms with Gasteiger partial charge in [0.05, 0.1) is 27.7 Å². The van der Waals surface area contributed by atoms with E-state index in [1.165, 1.54) is 0 Å². The molecule has 2 aromatic carbocycles. The number of esters is 1. The smallest absolute Gasteiger partial charge is 0.338 e. The number of hydrogen-bond acceptors (Lipinski definition) is 5. The molecule has 1 atom stereocenters. The number of benzene rings is 2. The average molecular weight is 374 g/mol. The number of rotatable bonds is 3. The first-order chi connectivity index (χ1) is 11.0. The van der Waals surface area contributed by atoms with Crippen molar-refractivity contribution in [2.24, 2.45) is 9.98 Å². The molecule has 0 saturated heterocycles. The van der Waals surface area contributed by atoms with Gasteiger partial charge in [0.1, 0.15) is 5.36 Å². The van der Waals surface area contributed by atoms with Gasteiger partial charge in [0.25, 0.3) is 0 Å². The molecule has 0 amide bonds. The molecule has 1 aliphatic heterocycles. The Hall–Kier alpha value is -2.21. The summed E-state index contributed by atoms with van der Waals surface area (Å²) in [4.78, 5) is 20.9. The van der Waals surface area contributed by atoms with Gasteiger partial charge in [0.2, 0.25) is 0 Å². The summed E-state index contributed by atoms with van der Waals surface area (Å²) in [5.74, 6) is -0.325. The minimum Gasteiger partial charge on any atom is -0.462 e. The van der Waals surface area contributed by atoms with Crippen molar-refractivity contribution < 1.29 is 9.53 Å².